The molecule has 2 aliphatic rings. The van der Waals surface area contributed by atoms with Gasteiger partial charge in [0.2, 0.25) is 0 Å². The number of hydrogen-bond acceptors (Lipinski definition) is 4. The van der Waals surface area contributed by atoms with E-state index < -0.39 is 11.6 Å². The Balaban J connectivity index is 1.28. The number of pyridine rings is 1. The van der Waals surface area contributed by atoms with E-state index in [4.69, 9.17) is 0 Å². The van der Waals surface area contributed by atoms with Gasteiger partial charge in [0.05, 0.1) is 29.4 Å². The van der Waals surface area contributed by atoms with E-state index in [1.54, 1.807) is 10.7 Å². The molecule has 4 heterocycles. The monoisotopic (exact) mass is 515 g/mol. The maximum Gasteiger partial charge on any atom is 0.255 e. The molecule has 6 nitrogen and oxygen atoms in total. The van der Waals surface area contributed by atoms with Crippen molar-refractivity contribution < 1.29 is 13.6 Å². The second-order valence-corrected chi connectivity index (χ2v) is 10.2. The van der Waals surface area contributed by atoms with Gasteiger partial charge in [0.1, 0.15) is 11.6 Å². The SMILES string of the molecule is O=C(N[C@H](CN1CCCC1)c1ccccc1)c1cnn2ccc(N3CCCC3c3cc(F)ccc3F)cc12. The van der Waals surface area contributed by atoms with Crippen LogP contribution in [0.25, 0.3) is 5.52 Å². The van der Waals surface area contributed by atoms with Crippen LogP contribution in [-0.2, 0) is 0 Å². The molecular weight excluding hydrogens is 484 g/mol. The number of aromatic nitrogens is 2. The van der Waals surface area contributed by atoms with Crippen molar-refractivity contribution in [3.8, 4) is 0 Å². The smallest absolute Gasteiger partial charge is 0.255 e. The number of nitrogens with one attached hydrogen (secondary N) is 1. The van der Waals surface area contributed by atoms with Crippen LogP contribution in [0.1, 0.15) is 59.3 Å². The molecule has 1 unspecified atom stereocenters. The van der Waals surface area contributed by atoms with Crippen LogP contribution >= 0.6 is 0 Å². The van der Waals surface area contributed by atoms with Crippen LogP contribution in [0.4, 0.5) is 14.5 Å². The van der Waals surface area contributed by atoms with E-state index in [2.05, 4.69) is 20.2 Å². The fourth-order valence-electron chi connectivity index (χ4n) is 5.87. The maximum atomic E-state index is 14.6. The Kier molecular flexibility index (Phi) is 6.81. The van der Waals surface area contributed by atoms with Gasteiger partial charge >= 0.3 is 0 Å². The first kappa shape index (κ1) is 24.6. The number of fused-ring (bicyclic) bond motifs is 1. The molecule has 0 spiro atoms. The first-order chi connectivity index (χ1) is 18.6. The number of halogens is 2. The van der Waals surface area contributed by atoms with Crippen molar-refractivity contribution in [2.45, 2.75) is 37.8 Å². The number of nitrogens with zero attached hydrogens (tertiary/aromatic N) is 4. The van der Waals surface area contributed by atoms with Crippen molar-refractivity contribution in [1.82, 2.24) is 19.8 Å². The highest BCUT2D eigenvalue weighted by Gasteiger charge is 2.30. The van der Waals surface area contributed by atoms with Gasteiger partial charge in [-0.15, -0.1) is 0 Å². The van der Waals surface area contributed by atoms with Crippen LogP contribution in [0.2, 0.25) is 0 Å². The number of amides is 1. The zero-order valence-corrected chi connectivity index (χ0v) is 21.2. The molecule has 2 atom stereocenters. The standard InChI is InChI=1S/C30H31F2N5O/c31-22-10-11-26(32)24(17-22)28-9-6-15-36(28)23-12-16-37-29(18-23)25(19-33-37)30(38)34-27(20-35-13-4-5-14-35)21-7-2-1-3-8-21/h1-3,7-8,10-12,16-19,27-28H,4-6,9,13-15,20H2,(H,34,38)/t27-,28?/m1/s1. The zero-order valence-electron chi connectivity index (χ0n) is 21.2. The quantitative estimate of drug-likeness (QED) is 0.352. The summed E-state index contributed by atoms with van der Waals surface area (Å²) in [4.78, 5) is 18.1. The van der Waals surface area contributed by atoms with Gasteiger partial charge in [-0.3, -0.25) is 4.79 Å². The van der Waals surface area contributed by atoms with Gasteiger partial charge in [-0.25, -0.2) is 13.3 Å². The molecule has 0 saturated carbocycles. The van der Waals surface area contributed by atoms with Gasteiger partial charge in [-0.1, -0.05) is 30.3 Å². The van der Waals surface area contributed by atoms with E-state index in [-0.39, 0.29) is 18.0 Å². The molecule has 6 rings (SSSR count). The highest BCUT2D eigenvalue weighted by Crippen LogP contribution is 2.38. The third-order valence-electron chi connectivity index (χ3n) is 7.80. The average Bonchev–Trinajstić information content (AvgIpc) is 3.71. The Morgan fingerprint density at radius 2 is 1.82 bits per heavy atom. The number of carbonyl (C=O) groups is 1. The Labute approximate surface area is 220 Å². The minimum absolute atomic E-state index is 0.140. The van der Waals surface area contributed by atoms with Crippen molar-refractivity contribution in [1.29, 1.82) is 0 Å². The summed E-state index contributed by atoms with van der Waals surface area (Å²) in [7, 11) is 0. The summed E-state index contributed by atoms with van der Waals surface area (Å²) in [6.45, 7) is 3.57. The molecular formula is C30H31F2N5O. The lowest BCUT2D eigenvalue weighted by molar-refractivity contribution is 0.0929. The Morgan fingerprint density at radius 1 is 1.00 bits per heavy atom. The Hall–Kier alpha value is -3.78. The molecule has 8 heteroatoms. The van der Waals surface area contributed by atoms with Crippen LogP contribution in [0.3, 0.4) is 0 Å². The lowest BCUT2D eigenvalue weighted by Gasteiger charge is -2.27. The first-order valence-electron chi connectivity index (χ1n) is 13.3. The molecule has 2 aromatic heterocycles. The predicted molar refractivity (Wildman–Crippen MR) is 143 cm³/mol. The Morgan fingerprint density at radius 3 is 2.63 bits per heavy atom. The molecule has 38 heavy (non-hydrogen) atoms. The number of hydrogen-bond donors (Lipinski definition) is 1. The fourth-order valence-corrected chi connectivity index (χ4v) is 5.87. The van der Waals surface area contributed by atoms with E-state index in [0.717, 1.165) is 56.3 Å². The number of rotatable bonds is 7. The number of benzene rings is 2. The summed E-state index contributed by atoms with van der Waals surface area (Å²) in [6, 6.07) is 17.1. The number of anilines is 1. The van der Waals surface area contributed by atoms with Crippen molar-refractivity contribution in [2.75, 3.05) is 31.1 Å². The van der Waals surface area contributed by atoms with Crippen molar-refractivity contribution in [2.24, 2.45) is 0 Å². The predicted octanol–water partition coefficient (Wildman–Crippen LogP) is 5.52. The molecule has 1 amide bonds. The Bertz CT molecular complexity index is 1430. The molecule has 2 saturated heterocycles. The lowest BCUT2D eigenvalue weighted by Crippen LogP contribution is -2.37. The number of carbonyl (C=O) groups excluding carboxylic acids is 1. The topological polar surface area (TPSA) is 52.9 Å². The van der Waals surface area contributed by atoms with Gasteiger partial charge in [-0.05, 0) is 74.7 Å². The number of likely N-dealkylation sites (tertiary alicyclic amines) is 1. The average molecular weight is 516 g/mol. The zero-order chi connectivity index (χ0) is 26.1. The third kappa shape index (κ3) is 4.88. The summed E-state index contributed by atoms with van der Waals surface area (Å²) in [5.74, 6) is -1.03. The highest BCUT2D eigenvalue weighted by molar-refractivity contribution is 6.01. The second kappa shape index (κ2) is 10.5. The van der Waals surface area contributed by atoms with Crippen molar-refractivity contribution in [3.63, 3.8) is 0 Å². The summed E-state index contributed by atoms with van der Waals surface area (Å²) in [5.41, 5.74) is 3.46. The normalized spacial score (nSPS) is 18.8. The van der Waals surface area contributed by atoms with Gasteiger partial charge in [-0.2, -0.15) is 5.10 Å². The fraction of sp³-hybridized carbons (Fsp3) is 0.333. The largest absolute Gasteiger partial charge is 0.364 e. The van der Waals surface area contributed by atoms with Crippen LogP contribution in [0, 0.1) is 11.6 Å². The van der Waals surface area contributed by atoms with Gasteiger partial charge in [0.25, 0.3) is 5.91 Å². The minimum Gasteiger partial charge on any atom is -0.364 e. The molecule has 196 valence electrons. The molecule has 1 N–H and O–H groups in total. The van der Waals surface area contributed by atoms with E-state index in [9.17, 15) is 13.6 Å². The summed E-state index contributed by atoms with van der Waals surface area (Å²) >= 11 is 0. The van der Waals surface area contributed by atoms with Crippen LogP contribution in [0.5, 0.6) is 0 Å². The highest BCUT2D eigenvalue weighted by atomic mass is 19.1. The molecule has 2 aliphatic heterocycles. The molecule has 2 fully saturated rings. The van der Waals surface area contributed by atoms with Crippen LogP contribution < -0.4 is 10.2 Å². The summed E-state index contributed by atoms with van der Waals surface area (Å²) in [5, 5.41) is 7.66. The second-order valence-electron chi connectivity index (χ2n) is 10.2. The molecule has 0 radical (unpaired) electrons. The molecule has 4 aromatic rings. The summed E-state index contributed by atoms with van der Waals surface area (Å²) in [6.07, 6.45) is 7.38. The molecule has 0 aliphatic carbocycles. The van der Waals surface area contributed by atoms with Crippen LogP contribution in [0.15, 0.2) is 73.1 Å². The lowest BCUT2D eigenvalue weighted by atomic mass is 10.0. The van der Waals surface area contributed by atoms with Gasteiger partial charge in [0, 0.05) is 30.5 Å². The van der Waals surface area contributed by atoms with E-state index in [0.29, 0.717) is 16.6 Å². The van der Waals surface area contributed by atoms with E-state index >= 15 is 0 Å². The first-order valence-corrected chi connectivity index (χ1v) is 13.3. The van der Waals surface area contributed by atoms with E-state index in [1.165, 1.54) is 25.0 Å². The maximum absolute atomic E-state index is 14.6. The van der Waals surface area contributed by atoms with Crippen LogP contribution in [-0.4, -0.2) is 46.6 Å². The van der Waals surface area contributed by atoms with Crippen molar-refractivity contribution in [3.05, 3.63) is 101 Å². The van der Waals surface area contributed by atoms with Gasteiger partial charge in [0.15, 0.2) is 0 Å². The summed E-state index contributed by atoms with van der Waals surface area (Å²) < 4.78 is 30.3. The molecule has 2 aromatic carbocycles. The van der Waals surface area contributed by atoms with Crippen molar-refractivity contribution >= 4 is 17.1 Å². The van der Waals surface area contributed by atoms with Gasteiger partial charge < -0.3 is 15.1 Å². The van der Waals surface area contributed by atoms with E-state index in [1.807, 2.05) is 48.7 Å². The minimum atomic E-state index is -0.444. The third-order valence-corrected chi connectivity index (χ3v) is 7.80. The molecule has 0 bridgehead atoms.